The Bertz CT molecular complexity index is 1490. The Hall–Kier alpha value is -3.69. The fourth-order valence-corrected chi connectivity index (χ4v) is 4.18. The van der Waals surface area contributed by atoms with Gasteiger partial charge in [-0.1, -0.05) is 17.7 Å². The fraction of sp³-hybridized carbons (Fsp3) is 0.296. The summed E-state index contributed by atoms with van der Waals surface area (Å²) in [6, 6.07) is 11.7. The number of rotatable bonds is 8. The van der Waals surface area contributed by atoms with Crippen molar-refractivity contribution in [1.29, 1.82) is 0 Å². The van der Waals surface area contributed by atoms with Crippen LogP contribution in [0.2, 0.25) is 5.02 Å². The van der Waals surface area contributed by atoms with E-state index in [1.807, 2.05) is 25.1 Å². The summed E-state index contributed by atoms with van der Waals surface area (Å²) in [6.45, 7) is 5.59. The van der Waals surface area contributed by atoms with Crippen LogP contribution in [0.3, 0.4) is 0 Å². The van der Waals surface area contributed by atoms with E-state index in [-0.39, 0.29) is 23.5 Å². The molecule has 1 amide bonds. The highest BCUT2D eigenvalue weighted by Crippen LogP contribution is 2.31. The summed E-state index contributed by atoms with van der Waals surface area (Å²) in [5, 5.41) is 24.6. The monoisotopic (exact) mass is 522 g/mol. The van der Waals surface area contributed by atoms with Crippen LogP contribution in [-0.2, 0) is 0 Å². The van der Waals surface area contributed by atoms with Crippen LogP contribution in [0.15, 0.2) is 48.7 Å². The van der Waals surface area contributed by atoms with Crippen molar-refractivity contribution in [3.63, 3.8) is 0 Å². The Morgan fingerprint density at radius 2 is 1.97 bits per heavy atom. The Labute approximate surface area is 218 Å². The molecule has 2 aromatic heterocycles. The molecule has 192 valence electrons. The molecule has 4 N–H and O–H groups in total. The van der Waals surface area contributed by atoms with Gasteiger partial charge in [0, 0.05) is 29.8 Å². The van der Waals surface area contributed by atoms with Crippen molar-refractivity contribution >= 4 is 40.3 Å². The van der Waals surface area contributed by atoms with Crippen molar-refractivity contribution in [2.45, 2.75) is 45.3 Å². The van der Waals surface area contributed by atoms with Gasteiger partial charge in [-0.15, -0.1) is 5.10 Å². The number of halogens is 2. The van der Waals surface area contributed by atoms with Crippen LogP contribution in [0.5, 0.6) is 0 Å². The molecule has 5 rings (SSSR count). The third-order valence-corrected chi connectivity index (χ3v) is 6.37. The van der Waals surface area contributed by atoms with Crippen LogP contribution in [-0.4, -0.2) is 43.8 Å². The van der Waals surface area contributed by atoms with Gasteiger partial charge < -0.3 is 21.1 Å². The lowest BCUT2D eigenvalue weighted by Gasteiger charge is -2.19. The lowest BCUT2D eigenvalue weighted by atomic mass is 10.0. The molecule has 0 saturated heterocycles. The number of fused-ring (bicyclic) bond motifs is 1. The van der Waals surface area contributed by atoms with Gasteiger partial charge in [0.1, 0.15) is 5.82 Å². The van der Waals surface area contributed by atoms with E-state index in [0.717, 1.165) is 24.0 Å². The summed E-state index contributed by atoms with van der Waals surface area (Å²) in [5.41, 5.74) is 3.77. The molecular formula is C27H28ClFN6O2. The van der Waals surface area contributed by atoms with Crippen LogP contribution in [0.25, 0.3) is 16.9 Å². The molecule has 2 aromatic carbocycles. The van der Waals surface area contributed by atoms with Gasteiger partial charge in [-0.2, -0.15) is 0 Å². The molecular weight excluding hydrogens is 495 g/mol. The van der Waals surface area contributed by atoms with Crippen LogP contribution < -0.4 is 16.0 Å². The quantitative estimate of drug-likeness (QED) is 0.250. The average molecular weight is 523 g/mol. The lowest BCUT2D eigenvalue weighted by Crippen LogP contribution is -2.29. The van der Waals surface area contributed by atoms with Crippen molar-refractivity contribution < 1.29 is 14.3 Å². The molecule has 0 spiro atoms. The van der Waals surface area contributed by atoms with E-state index < -0.39 is 11.4 Å². The summed E-state index contributed by atoms with van der Waals surface area (Å²) < 4.78 is 15.2. The molecule has 1 fully saturated rings. The summed E-state index contributed by atoms with van der Waals surface area (Å²) in [7, 11) is 0. The van der Waals surface area contributed by atoms with Crippen LogP contribution >= 0.6 is 11.6 Å². The number of imidazole rings is 1. The number of aromatic nitrogens is 3. The number of nitrogens with one attached hydrogen (secondary N) is 3. The van der Waals surface area contributed by atoms with Crippen LogP contribution in [0.4, 0.5) is 21.6 Å². The van der Waals surface area contributed by atoms with Gasteiger partial charge in [0.2, 0.25) is 0 Å². The van der Waals surface area contributed by atoms with Crippen LogP contribution in [0, 0.1) is 12.7 Å². The minimum Gasteiger partial charge on any atom is -0.389 e. The van der Waals surface area contributed by atoms with Gasteiger partial charge in [-0.3, -0.25) is 4.79 Å². The van der Waals surface area contributed by atoms with E-state index in [2.05, 4.69) is 20.9 Å². The molecule has 8 nitrogen and oxygen atoms in total. The number of hydrogen-bond donors (Lipinski definition) is 4. The second-order valence-electron chi connectivity index (χ2n) is 10.0. The SMILES string of the molecule is Cc1cc(-c2cnc3c(NCC(C)(C)O)cc(Nc4ccc(F)cc4Cl)nn23)ccc1C(=O)NC1CC1. The predicted octanol–water partition coefficient (Wildman–Crippen LogP) is 5.32. The summed E-state index contributed by atoms with van der Waals surface area (Å²) >= 11 is 6.23. The molecule has 37 heavy (non-hydrogen) atoms. The number of amides is 1. The predicted molar refractivity (Wildman–Crippen MR) is 143 cm³/mol. The number of aryl methyl sites for hydroxylation is 1. The Balaban J connectivity index is 1.54. The van der Waals surface area contributed by atoms with E-state index in [9.17, 15) is 14.3 Å². The maximum absolute atomic E-state index is 13.5. The third kappa shape index (κ3) is 5.68. The first-order valence-corrected chi connectivity index (χ1v) is 12.4. The standard InChI is InChI=1S/C27H28ClFN6O2/c1-15-10-16(4-8-19(15)26(36)32-18-6-7-18)23-13-30-25-22(31-14-27(2,3)37)12-24(34-35(23)25)33-21-9-5-17(29)11-20(21)28/h4-5,8-13,18,31,37H,6-7,14H2,1-3H3,(H,32,36)(H,33,34). The van der Waals surface area contributed by atoms with Gasteiger partial charge >= 0.3 is 0 Å². The van der Waals surface area contributed by atoms with Gasteiger partial charge in [-0.25, -0.2) is 13.9 Å². The minimum absolute atomic E-state index is 0.0661. The van der Waals surface area contributed by atoms with Crippen molar-refractivity contribution in [3.8, 4) is 11.3 Å². The van der Waals surface area contributed by atoms with E-state index in [0.29, 0.717) is 34.1 Å². The Morgan fingerprint density at radius 1 is 1.19 bits per heavy atom. The molecule has 2 heterocycles. The van der Waals surface area contributed by atoms with Gasteiger partial charge in [-0.05, 0) is 69.5 Å². The van der Waals surface area contributed by atoms with E-state index in [1.165, 1.54) is 18.2 Å². The summed E-state index contributed by atoms with van der Waals surface area (Å²) in [4.78, 5) is 17.2. The highest BCUT2D eigenvalue weighted by atomic mass is 35.5. The number of carbonyl (C=O) groups is 1. The van der Waals surface area contributed by atoms with Crippen molar-refractivity contribution in [2.75, 3.05) is 17.2 Å². The highest BCUT2D eigenvalue weighted by molar-refractivity contribution is 6.33. The van der Waals surface area contributed by atoms with Crippen molar-refractivity contribution in [2.24, 2.45) is 0 Å². The lowest BCUT2D eigenvalue weighted by molar-refractivity contribution is 0.0940. The number of aliphatic hydroxyl groups is 1. The molecule has 4 aromatic rings. The first-order valence-electron chi connectivity index (χ1n) is 12.1. The highest BCUT2D eigenvalue weighted by Gasteiger charge is 2.25. The summed E-state index contributed by atoms with van der Waals surface area (Å²) in [5.74, 6) is -0.0627. The Kier molecular flexibility index (Phi) is 6.51. The molecule has 0 unspecified atom stereocenters. The second kappa shape index (κ2) is 9.64. The maximum atomic E-state index is 13.5. The number of hydrogen-bond acceptors (Lipinski definition) is 6. The molecule has 0 atom stereocenters. The van der Waals surface area contributed by atoms with Gasteiger partial charge in [0.25, 0.3) is 5.91 Å². The fourth-order valence-electron chi connectivity index (χ4n) is 3.97. The third-order valence-electron chi connectivity index (χ3n) is 6.05. The smallest absolute Gasteiger partial charge is 0.251 e. The first-order chi connectivity index (χ1) is 17.6. The van der Waals surface area contributed by atoms with Gasteiger partial charge in [0.05, 0.1) is 33.9 Å². The van der Waals surface area contributed by atoms with E-state index >= 15 is 0 Å². The molecule has 1 aliphatic rings. The molecule has 10 heteroatoms. The van der Waals surface area contributed by atoms with Crippen molar-refractivity contribution in [1.82, 2.24) is 19.9 Å². The normalized spacial score (nSPS) is 13.6. The first kappa shape index (κ1) is 25.0. The van der Waals surface area contributed by atoms with Crippen molar-refractivity contribution in [3.05, 3.63) is 70.6 Å². The van der Waals surface area contributed by atoms with Crippen LogP contribution in [0.1, 0.15) is 42.6 Å². The molecule has 0 bridgehead atoms. The van der Waals surface area contributed by atoms with Gasteiger partial charge in [0.15, 0.2) is 11.5 Å². The molecule has 1 saturated carbocycles. The molecule has 0 aliphatic heterocycles. The zero-order valence-electron chi connectivity index (χ0n) is 20.8. The van der Waals surface area contributed by atoms with E-state index in [4.69, 9.17) is 16.7 Å². The Morgan fingerprint density at radius 3 is 2.65 bits per heavy atom. The maximum Gasteiger partial charge on any atom is 0.251 e. The zero-order chi connectivity index (χ0) is 26.3. The molecule has 0 radical (unpaired) electrons. The average Bonchev–Trinajstić information content (AvgIpc) is 3.54. The number of carbonyl (C=O) groups excluding carboxylic acids is 1. The van der Waals surface area contributed by atoms with E-state index in [1.54, 1.807) is 30.6 Å². The number of nitrogens with zero attached hydrogens (tertiary/aromatic N) is 3. The minimum atomic E-state index is -0.961. The topological polar surface area (TPSA) is 104 Å². The largest absolute Gasteiger partial charge is 0.389 e. The number of benzene rings is 2. The summed E-state index contributed by atoms with van der Waals surface area (Å²) in [6.07, 6.45) is 3.77. The zero-order valence-corrected chi connectivity index (χ0v) is 21.5. The molecule has 1 aliphatic carbocycles. The number of anilines is 3. The second-order valence-corrected chi connectivity index (χ2v) is 10.4.